The van der Waals surface area contributed by atoms with Gasteiger partial charge in [-0.15, -0.1) is 0 Å². The normalized spacial score (nSPS) is 11.3. The average Bonchev–Trinajstić information content (AvgIpc) is 2.36. The van der Waals surface area contributed by atoms with Gasteiger partial charge in [-0.05, 0) is 31.9 Å². The highest BCUT2D eigenvalue weighted by Gasteiger charge is 2.30. The molecule has 2 N–H and O–H groups in total. The molecule has 1 aromatic rings. The van der Waals surface area contributed by atoms with Crippen LogP contribution in [0, 0.1) is 11.3 Å². The van der Waals surface area contributed by atoms with Gasteiger partial charge in [0.15, 0.2) is 0 Å². The Morgan fingerprint density at radius 2 is 1.90 bits per heavy atom. The minimum absolute atomic E-state index is 0.0964. The van der Waals surface area contributed by atoms with E-state index >= 15 is 0 Å². The molecule has 0 unspecified atom stereocenters. The summed E-state index contributed by atoms with van der Waals surface area (Å²) >= 11 is 0. The Morgan fingerprint density at radius 1 is 1.29 bits per heavy atom. The second kappa shape index (κ2) is 7.11. The molecule has 1 rings (SSSR count). The minimum atomic E-state index is -1.10. The molecule has 0 aliphatic heterocycles. The van der Waals surface area contributed by atoms with Gasteiger partial charge in [0, 0.05) is 6.42 Å². The zero-order chi connectivity index (χ0) is 16.0. The van der Waals surface area contributed by atoms with Crippen LogP contribution in [0.3, 0.4) is 0 Å². The molecule has 0 saturated carbocycles. The molecule has 5 heteroatoms. The number of hydrogen-bond acceptors (Lipinski definition) is 3. The van der Waals surface area contributed by atoms with E-state index < -0.39 is 11.4 Å². The first-order valence-corrected chi connectivity index (χ1v) is 6.97. The lowest BCUT2D eigenvalue weighted by atomic mass is 9.89. The van der Waals surface area contributed by atoms with Gasteiger partial charge in [0.05, 0.1) is 17.7 Å². The van der Waals surface area contributed by atoms with E-state index in [1.807, 2.05) is 19.9 Å². The molecule has 0 aliphatic carbocycles. The number of amides is 1. The lowest BCUT2D eigenvalue weighted by Gasteiger charge is -2.19. The number of para-hydroxylation sites is 2. The van der Waals surface area contributed by atoms with Crippen LogP contribution < -0.4 is 10.1 Å². The highest BCUT2D eigenvalue weighted by atomic mass is 16.5. The minimum Gasteiger partial charge on any atom is -0.491 e. The molecular formula is C16H23NO4. The Kier molecular flexibility index (Phi) is 5.76. The summed E-state index contributed by atoms with van der Waals surface area (Å²) < 4.78 is 5.65. The van der Waals surface area contributed by atoms with Gasteiger partial charge in [-0.1, -0.05) is 26.0 Å². The molecule has 0 aromatic heterocycles. The van der Waals surface area contributed by atoms with Crippen molar-refractivity contribution in [3.8, 4) is 5.75 Å². The molecule has 0 fully saturated rings. The Bertz CT molecular complexity index is 509. The number of carboxylic acid groups (broad SMARTS) is 1. The van der Waals surface area contributed by atoms with E-state index in [1.165, 1.54) is 13.8 Å². The second-order valence-corrected chi connectivity index (χ2v) is 6.11. The number of rotatable bonds is 7. The smallest absolute Gasteiger partial charge is 0.309 e. The predicted molar refractivity (Wildman–Crippen MR) is 81.4 cm³/mol. The van der Waals surface area contributed by atoms with Crippen LogP contribution in [-0.2, 0) is 9.59 Å². The van der Waals surface area contributed by atoms with Crippen LogP contribution >= 0.6 is 0 Å². The zero-order valence-corrected chi connectivity index (χ0v) is 13.0. The molecule has 0 aliphatic rings. The van der Waals surface area contributed by atoms with Crippen molar-refractivity contribution in [2.45, 2.75) is 34.1 Å². The highest BCUT2D eigenvalue weighted by Crippen LogP contribution is 2.26. The standard InChI is InChI=1S/C16H23NO4/c1-11(2)10-21-13-8-6-5-7-12(13)17-14(18)9-16(3,4)15(19)20/h5-8,11H,9-10H2,1-4H3,(H,17,18)(H,19,20). The highest BCUT2D eigenvalue weighted by molar-refractivity contribution is 5.95. The number of carboxylic acids is 1. The molecule has 0 bridgehead atoms. The Morgan fingerprint density at radius 3 is 2.48 bits per heavy atom. The van der Waals surface area contributed by atoms with Gasteiger partial charge in [0.2, 0.25) is 5.91 Å². The van der Waals surface area contributed by atoms with E-state index in [0.29, 0.717) is 24.0 Å². The topological polar surface area (TPSA) is 75.6 Å². The van der Waals surface area contributed by atoms with Gasteiger partial charge in [-0.2, -0.15) is 0 Å². The molecule has 0 saturated heterocycles. The largest absolute Gasteiger partial charge is 0.491 e. The Hall–Kier alpha value is -2.04. The van der Waals surface area contributed by atoms with Crippen LogP contribution in [0.4, 0.5) is 5.69 Å². The van der Waals surface area contributed by atoms with Crippen molar-refractivity contribution in [3.05, 3.63) is 24.3 Å². The van der Waals surface area contributed by atoms with Crippen LogP contribution in [0.5, 0.6) is 5.75 Å². The van der Waals surface area contributed by atoms with Crippen molar-refractivity contribution < 1.29 is 19.4 Å². The van der Waals surface area contributed by atoms with E-state index in [4.69, 9.17) is 9.84 Å². The van der Waals surface area contributed by atoms with Crippen molar-refractivity contribution >= 4 is 17.6 Å². The third-order valence-electron chi connectivity index (χ3n) is 2.91. The summed E-state index contributed by atoms with van der Waals surface area (Å²) in [5, 5.41) is 11.8. The maximum atomic E-state index is 12.0. The molecule has 1 amide bonds. The number of carbonyl (C=O) groups excluding carboxylic acids is 1. The van der Waals surface area contributed by atoms with Crippen molar-refractivity contribution in [2.24, 2.45) is 11.3 Å². The number of ether oxygens (including phenoxy) is 1. The number of carbonyl (C=O) groups is 2. The lowest BCUT2D eigenvalue weighted by molar-refractivity contribution is -0.148. The first-order chi connectivity index (χ1) is 9.72. The maximum absolute atomic E-state index is 12.0. The van der Waals surface area contributed by atoms with Crippen LogP contribution in [0.2, 0.25) is 0 Å². The molecule has 0 spiro atoms. The molecule has 0 atom stereocenters. The summed E-state index contributed by atoms with van der Waals surface area (Å²) in [5.74, 6) is -0.377. The molecule has 1 aromatic carbocycles. The summed E-state index contributed by atoms with van der Waals surface area (Å²) in [6.07, 6.45) is -0.0964. The van der Waals surface area contributed by atoms with Crippen molar-refractivity contribution in [3.63, 3.8) is 0 Å². The Balaban J connectivity index is 2.74. The average molecular weight is 293 g/mol. The molecule has 21 heavy (non-hydrogen) atoms. The molecule has 5 nitrogen and oxygen atoms in total. The van der Waals surface area contributed by atoms with Gasteiger partial charge in [-0.25, -0.2) is 0 Å². The van der Waals surface area contributed by atoms with E-state index in [0.717, 1.165) is 0 Å². The van der Waals surface area contributed by atoms with E-state index in [2.05, 4.69) is 5.32 Å². The fourth-order valence-corrected chi connectivity index (χ4v) is 1.62. The van der Waals surface area contributed by atoms with E-state index in [9.17, 15) is 9.59 Å². The molecule has 0 radical (unpaired) electrons. The predicted octanol–water partition coefficient (Wildman–Crippen LogP) is 3.16. The summed E-state index contributed by atoms with van der Waals surface area (Å²) in [5.41, 5.74) is -0.540. The number of anilines is 1. The van der Waals surface area contributed by atoms with Crippen LogP contribution in [0.25, 0.3) is 0 Å². The van der Waals surface area contributed by atoms with Gasteiger partial charge in [-0.3, -0.25) is 9.59 Å². The second-order valence-electron chi connectivity index (χ2n) is 6.11. The first-order valence-electron chi connectivity index (χ1n) is 6.97. The SMILES string of the molecule is CC(C)COc1ccccc1NC(=O)CC(C)(C)C(=O)O. The number of aliphatic carboxylic acids is 1. The Labute approximate surface area is 125 Å². The van der Waals surface area contributed by atoms with Crippen LogP contribution in [-0.4, -0.2) is 23.6 Å². The van der Waals surface area contributed by atoms with Crippen LogP contribution in [0.1, 0.15) is 34.1 Å². The number of hydrogen-bond donors (Lipinski definition) is 2. The summed E-state index contributed by atoms with van der Waals surface area (Å²) in [6, 6.07) is 7.13. The van der Waals surface area contributed by atoms with Gasteiger partial charge < -0.3 is 15.2 Å². The van der Waals surface area contributed by atoms with Crippen molar-refractivity contribution in [1.29, 1.82) is 0 Å². The third-order valence-corrected chi connectivity index (χ3v) is 2.91. The van der Waals surface area contributed by atoms with Gasteiger partial charge in [0.1, 0.15) is 5.75 Å². The van der Waals surface area contributed by atoms with E-state index in [1.54, 1.807) is 18.2 Å². The van der Waals surface area contributed by atoms with E-state index in [-0.39, 0.29) is 12.3 Å². The fourth-order valence-electron chi connectivity index (χ4n) is 1.62. The fraction of sp³-hybridized carbons (Fsp3) is 0.500. The van der Waals surface area contributed by atoms with Crippen LogP contribution in [0.15, 0.2) is 24.3 Å². The van der Waals surface area contributed by atoms with Crippen molar-refractivity contribution in [2.75, 3.05) is 11.9 Å². The quantitative estimate of drug-likeness (QED) is 0.809. The molecule has 116 valence electrons. The summed E-state index contributed by atoms with van der Waals surface area (Å²) in [7, 11) is 0. The third kappa shape index (κ3) is 5.45. The number of nitrogens with one attached hydrogen (secondary N) is 1. The summed E-state index contributed by atoms with van der Waals surface area (Å²) in [4.78, 5) is 23.0. The summed E-state index contributed by atoms with van der Waals surface area (Å²) in [6.45, 7) is 7.67. The number of benzene rings is 1. The molecule has 0 heterocycles. The zero-order valence-electron chi connectivity index (χ0n) is 13.0. The van der Waals surface area contributed by atoms with Crippen molar-refractivity contribution in [1.82, 2.24) is 0 Å². The maximum Gasteiger partial charge on any atom is 0.309 e. The van der Waals surface area contributed by atoms with Gasteiger partial charge in [0.25, 0.3) is 0 Å². The first kappa shape index (κ1) is 17.0. The lowest BCUT2D eigenvalue weighted by Crippen LogP contribution is -2.29. The monoisotopic (exact) mass is 293 g/mol. The van der Waals surface area contributed by atoms with Gasteiger partial charge >= 0.3 is 5.97 Å². The molecular weight excluding hydrogens is 270 g/mol.